The summed E-state index contributed by atoms with van der Waals surface area (Å²) in [5, 5.41) is 3.10. The molecule has 1 aliphatic carbocycles. The third kappa shape index (κ3) is 2.05. The molecule has 4 heteroatoms. The van der Waals surface area contributed by atoms with Crippen molar-refractivity contribution >= 4 is 21.7 Å². The Bertz CT molecular complexity index is 337. The van der Waals surface area contributed by atoms with Crippen molar-refractivity contribution in [3.05, 3.63) is 22.6 Å². The lowest BCUT2D eigenvalue weighted by Crippen LogP contribution is -2.34. The van der Waals surface area contributed by atoms with E-state index in [0.29, 0.717) is 16.3 Å². The molecule has 0 atom stereocenters. The molecule has 2 nitrogen and oxygen atoms in total. The van der Waals surface area contributed by atoms with Gasteiger partial charge in [0, 0.05) is 16.7 Å². The molecule has 0 unspecified atom stereocenters. The summed E-state index contributed by atoms with van der Waals surface area (Å²) in [6.45, 7) is 2.20. The number of pyridine rings is 1. The molecule has 2 rings (SSSR count). The van der Waals surface area contributed by atoms with Crippen molar-refractivity contribution in [1.29, 1.82) is 0 Å². The zero-order valence-electron chi connectivity index (χ0n) is 7.93. The molecule has 0 aromatic carbocycles. The lowest BCUT2D eigenvalue weighted by Gasteiger charge is -2.33. The van der Waals surface area contributed by atoms with E-state index in [9.17, 15) is 4.39 Å². The Kier molecular flexibility index (Phi) is 2.72. The van der Waals surface area contributed by atoms with Gasteiger partial charge < -0.3 is 5.32 Å². The van der Waals surface area contributed by atoms with Crippen molar-refractivity contribution in [2.45, 2.75) is 25.8 Å². The highest BCUT2D eigenvalue weighted by atomic mass is 79.9. The lowest BCUT2D eigenvalue weighted by atomic mass is 9.82. The minimum Gasteiger partial charge on any atom is -0.365 e. The predicted octanol–water partition coefficient (Wildman–Crippen LogP) is 3.19. The first-order valence-electron chi connectivity index (χ1n) is 4.72. The molecule has 0 spiro atoms. The van der Waals surface area contributed by atoms with Crippen molar-refractivity contribution in [2.24, 2.45) is 5.92 Å². The minimum absolute atomic E-state index is 0.293. The Morgan fingerprint density at radius 3 is 2.86 bits per heavy atom. The topological polar surface area (TPSA) is 24.9 Å². The molecule has 76 valence electrons. The molecule has 0 amide bonds. The largest absolute Gasteiger partial charge is 0.365 e. The van der Waals surface area contributed by atoms with E-state index < -0.39 is 0 Å². The van der Waals surface area contributed by atoms with Crippen molar-refractivity contribution in [1.82, 2.24) is 4.98 Å². The summed E-state index contributed by atoms with van der Waals surface area (Å²) in [5.74, 6) is 0.829. The molecular weight excluding hydrogens is 247 g/mol. The molecule has 0 radical (unpaired) electrons. The number of anilines is 1. The molecule has 14 heavy (non-hydrogen) atoms. The van der Waals surface area contributed by atoms with Crippen LogP contribution in [-0.4, -0.2) is 11.0 Å². The first-order valence-corrected chi connectivity index (χ1v) is 5.52. The van der Waals surface area contributed by atoms with Gasteiger partial charge >= 0.3 is 0 Å². The summed E-state index contributed by atoms with van der Waals surface area (Å²) in [4.78, 5) is 3.99. The maximum atomic E-state index is 13.3. The number of nitrogens with one attached hydrogen (secondary N) is 1. The molecule has 0 aliphatic heterocycles. The van der Waals surface area contributed by atoms with Crippen molar-refractivity contribution in [2.75, 3.05) is 5.32 Å². The van der Waals surface area contributed by atoms with Gasteiger partial charge in [0.05, 0.1) is 0 Å². The van der Waals surface area contributed by atoms with Crippen LogP contribution in [-0.2, 0) is 0 Å². The molecule has 0 bridgehead atoms. The fourth-order valence-corrected chi connectivity index (χ4v) is 2.04. The Morgan fingerprint density at radius 1 is 1.57 bits per heavy atom. The van der Waals surface area contributed by atoms with Crippen LogP contribution in [0.5, 0.6) is 0 Å². The Labute approximate surface area is 91.1 Å². The van der Waals surface area contributed by atoms with Crippen LogP contribution >= 0.6 is 15.9 Å². The van der Waals surface area contributed by atoms with E-state index in [4.69, 9.17) is 0 Å². The lowest BCUT2D eigenvalue weighted by molar-refractivity contribution is 0.307. The SMILES string of the molecule is CC1CC(Nc2ncc(Br)cc2F)C1. The molecular formula is C10H12BrFN2. The standard InChI is InChI=1S/C10H12BrFN2/c1-6-2-8(3-6)14-10-9(12)4-7(11)5-13-10/h4-6,8H,2-3H2,1H3,(H,13,14). The van der Waals surface area contributed by atoms with Gasteiger partial charge in [0.25, 0.3) is 0 Å². The number of rotatable bonds is 2. The minimum atomic E-state index is -0.293. The summed E-state index contributed by atoms with van der Waals surface area (Å²) >= 11 is 3.17. The Balaban J connectivity index is 2.02. The third-order valence-corrected chi connectivity index (χ3v) is 2.96. The van der Waals surface area contributed by atoms with E-state index in [-0.39, 0.29) is 5.82 Å². The van der Waals surface area contributed by atoms with Gasteiger partial charge in [-0.1, -0.05) is 6.92 Å². The van der Waals surface area contributed by atoms with E-state index in [2.05, 4.69) is 33.2 Å². The number of hydrogen-bond donors (Lipinski definition) is 1. The molecule has 1 aromatic heterocycles. The van der Waals surface area contributed by atoms with E-state index in [1.807, 2.05) is 0 Å². The second kappa shape index (κ2) is 3.85. The highest BCUT2D eigenvalue weighted by Gasteiger charge is 2.25. The van der Waals surface area contributed by atoms with E-state index in [1.54, 1.807) is 6.20 Å². The molecule has 0 saturated heterocycles. The normalized spacial score (nSPS) is 25.6. The Hall–Kier alpha value is -0.640. The molecule has 1 N–H and O–H groups in total. The van der Waals surface area contributed by atoms with Crippen LogP contribution in [0.25, 0.3) is 0 Å². The number of nitrogens with zero attached hydrogens (tertiary/aromatic N) is 1. The van der Waals surface area contributed by atoms with Crippen molar-refractivity contribution in [3.63, 3.8) is 0 Å². The van der Waals surface area contributed by atoms with Crippen LogP contribution in [0.15, 0.2) is 16.7 Å². The smallest absolute Gasteiger partial charge is 0.166 e. The van der Waals surface area contributed by atoms with Crippen molar-refractivity contribution < 1.29 is 4.39 Å². The second-order valence-corrected chi connectivity index (χ2v) is 4.82. The summed E-state index contributed by atoms with van der Waals surface area (Å²) in [7, 11) is 0. The van der Waals surface area contributed by atoms with Gasteiger partial charge in [-0.2, -0.15) is 0 Å². The first-order chi connectivity index (χ1) is 6.65. The molecule has 1 saturated carbocycles. The average molecular weight is 259 g/mol. The predicted molar refractivity (Wildman–Crippen MR) is 57.7 cm³/mol. The number of aromatic nitrogens is 1. The van der Waals surface area contributed by atoms with Gasteiger partial charge in [0.2, 0.25) is 0 Å². The Morgan fingerprint density at radius 2 is 2.29 bits per heavy atom. The average Bonchev–Trinajstić information content (AvgIpc) is 2.06. The summed E-state index contributed by atoms with van der Waals surface area (Å²) in [6.07, 6.45) is 3.82. The highest BCUT2D eigenvalue weighted by Crippen LogP contribution is 2.29. The first kappa shape index (κ1) is 9.90. The van der Waals surface area contributed by atoms with E-state index in [1.165, 1.54) is 6.07 Å². The molecule has 1 aromatic rings. The van der Waals surface area contributed by atoms with Gasteiger partial charge in [-0.15, -0.1) is 0 Å². The quantitative estimate of drug-likeness (QED) is 0.882. The van der Waals surface area contributed by atoms with Gasteiger partial charge in [0.15, 0.2) is 11.6 Å². The van der Waals surface area contributed by atoms with Gasteiger partial charge in [-0.25, -0.2) is 9.37 Å². The van der Waals surface area contributed by atoms with E-state index >= 15 is 0 Å². The fourth-order valence-electron chi connectivity index (χ4n) is 1.73. The zero-order valence-corrected chi connectivity index (χ0v) is 9.51. The van der Waals surface area contributed by atoms with Crippen LogP contribution in [0.1, 0.15) is 19.8 Å². The molecule has 1 heterocycles. The zero-order chi connectivity index (χ0) is 10.1. The van der Waals surface area contributed by atoms with Gasteiger partial charge in [-0.05, 0) is 40.8 Å². The van der Waals surface area contributed by atoms with Crippen LogP contribution in [0.2, 0.25) is 0 Å². The summed E-state index contributed by atoms with van der Waals surface area (Å²) in [6, 6.07) is 1.82. The second-order valence-electron chi connectivity index (χ2n) is 3.90. The van der Waals surface area contributed by atoms with Crippen LogP contribution in [0.4, 0.5) is 10.2 Å². The highest BCUT2D eigenvalue weighted by molar-refractivity contribution is 9.10. The number of halogens is 2. The van der Waals surface area contributed by atoms with Crippen molar-refractivity contribution in [3.8, 4) is 0 Å². The van der Waals surface area contributed by atoms with Crippen LogP contribution in [0.3, 0.4) is 0 Å². The monoisotopic (exact) mass is 258 g/mol. The van der Waals surface area contributed by atoms with Gasteiger partial charge in [0.1, 0.15) is 0 Å². The fraction of sp³-hybridized carbons (Fsp3) is 0.500. The maximum absolute atomic E-state index is 13.3. The molecule has 1 aliphatic rings. The van der Waals surface area contributed by atoms with Crippen LogP contribution < -0.4 is 5.32 Å². The summed E-state index contributed by atoms with van der Waals surface area (Å²) in [5.41, 5.74) is 0. The van der Waals surface area contributed by atoms with E-state index in [0.717, 1.165) is 18.8 Å². The summed E-state index contributed by atoms with van der Waals surface area (Å²) < 4.78 is 14.0. The number of hydrogen-bond acceptors (Lipinski definition) is 2. The third-order valence-electron chi connectivity index (χ3n) is 2.52. The van der Waals surface area contributed by atoms with Gasteiger partial charge in [-0.3, -0.25) is 0 Å². The molecule has 1 fully saturated rings. The maximum Gasteiger partial charge on any atom is 0.166 e. The van der Waals surface area contributed by atoms with Crippen LogP contribution in [0, 0.1) is 11.7 Å².